The molecule has 0 saturated heterocycles. The van der Waals surface area contributed by atoms with Gasteiger partial charge >= 0.3 is 0 Å². The van der Waals surface area contributed by atoms with Crippen LogP contribution in [0.4, 0.5) is 0 Å². The first-order valence-electron chi connectivity index (χ1n) is 8.01. The summed E-state index contributed by atoms with van der Waals surface area (Å²) in [5.41, 5.74) is 3.17. The molecule has 0 saturated carbocycles. The highest BCUT2D eigenvalue weighted by Crippen LogP contribution is 2.10. The van der Waals surface area contributed by atoms with Crippen molar-refractivity contribution < 1.29 is 4.74 Å². The van der Waals surface area contributed by atoms with E-state index in [0.29, 0.717) is 6.61 Å². The average Bonchev–Trinajstić information content (AvgIpc) is 2.56. The van der Waals surface area contributed by atoms with E-state index in [9.17, 15) is 0 Å². The average molecular weight is 293 g/mol. The van der Waals surface area contributed by atoms with Gasteiger partial charge in [-0.15, -0.1) is 0 Å². The van der Waals surface area contributed by atoms with Crippen LogP contribution in [0.25, 0.3) is 0 Å². The number of pyridine rings is 1. The van der Waals surface area contributed by atoms with Gasteiger partial charge in [0, 0.05) is 5.56 Å². The minimum absolute atomic E-state index is 0.650. The van der Waals surface area contributed by atoms with Crippen LogP contribution in [0, 0.1) is 11.8 Å². The Bertz CT molecular complexity index is 617. The van der Waals surface area contributed by atoms with E-state index in [1.165, 1.54) is 24.8 Å². The SMILES string of the molecule is CCCCCc1ccc(C#Cc2ccc(OCC)cn2)cc1. The molecule has 0 unspecified atom stereocenters. The number of nitrogens with zero attached hydrogens (tertiary/aromatic N) is 1. The lowest BCUT2D eigenvalue weighted by molar-refractivity contribution is 0.339. The first-order chi connectivity index (χ1) is 10.8. The van der Waals surface area contributed by atoms with Crippen molar-refractivity contribution in [3.05, 3.63) is 59.4 Å². The van der Waals surface area contributed by atoms with Crippen molar-refractivity contribution in [2.75, 3.05) is 6.61 Å². The number of benzene rings is 1. The summed E-state index contributed by atoms with van der Waals surface area (Å²) in [4.78, 5) is 4.28. The van der Waals surface area contributed by atoms with E-state index in [4.69, 9.17) is 4.74 Å². The third-order valence-electron chi connectivity index (χ3n) is 3.41. The fourth-order valence-corrected chi connectivity index (χ4v) is 2.18. The predicted molar refractivity (Wildman–Crippen MR) is 91.1 cm³/mol. The maximum Gasteiger partial charge on any atom is 0.137 e. The van der Waals surface area contributed by atoms with E-state index < -0.39 is 0 Å². The van der Waals surface area contributed by atoms with Gasteiger partial charge in [-0.1, -0.05) is 37.8 Å². The molecule has 2 heteroatoms. The van der Waals surface area contributed by atoms with Gasteiger partial charge in [0.2, 0.25) is 0 Å². The Morgan fingerprint density at radius 3 is 2.41 bits per heavy atom. The molecule has 1 aromatic carbocycles. The molecule has 0 N–H and O–H groups in total. The van der Waals surface area contributed by atoms with Crippen molar-refractivity contribution in [1.82, 2.24) is 4.98 Å². The molecule has 0 aliphatic rings. The van der Waals surface area contributed by atoms with E-state index >= 15 is 0 Å². The number of hydrogen-bond donors (Lipinski definition) is 0. The lowest BCUT2D eigenvalue weighted by Crippen LogP contribution is -1.92. The molecule has 2 rings (SSSR count). The number of hydrogen-bond acceptors (Lipinski definition) is 2. The van der Waals surface area contributed by atoms with E-state index in [0.717, 1.165) is 23.4 Å². The van der Waals surface area contributed by atoms with Crippen LogP contribution >= 0.6 is 0 Å². The zero-order valence-electron chi connectivity index (χ0n) is 13.4. The molecule has 0 radical (unpaired) electrons. The fraction of sp³-hybridized carbons (Fsp3) is 0.350. The Labute approximate surface area is 133 Å². The summed E-state index contributed by atoms with van der Waals surface area (Å²) in [5.74, 6) is 7.02. The lowest BCUT2D eigenvalue weighted by atomic mass is 10.1. The molecule has 0 aliphatic heterocycles. The molecule has 1 heterocycles. The van der Waals surface area contributed by atoms with E-state index in [1.54, 1.807) is 6.20 Å². The van der Waals surface area contributed by atoms with Crippen LogP contribution in [0.15, 0.2) is 42.6 Å². The Morgan fingerprint density at radius 2 is 1.77 bits per heavy atom. The maximum atomic E-state index is 5.37. The van der Waals surface area contributed by atoms with Gasteiger partial charge in [-0.25, -0.2) is 4.98 Å². The summed E-state index contributed by atoms with van der Waals surface area (Å²) in [5, 5.41) is 0. The number of unbranched alkanes of at least 4 members (excludes halogenated alkanes) is 2. The molecule has 0 aliphatic carbocycles. The molecule has 0 amide bonds. The lowest BCUT2D eigenvalue weighted by Gasteiger charge is -2.01. The van der Waals surface area contributed by atoms with Crippen LogP contribution in [-0.4, -0.2) is 11.6 Å². The highest BCUT2D eigenvalue weighted by Gasteiger charge is 1.95. The van der Waals surface area contributed by atoms with Crippen molar-refractivity contribution in [2.45, 2.75) is 39.5 Å². The molecule has 2 aromatic rings. The van der Waals surface area contributed by atoms with Crippen molar-refractivity contribution in [1.29, 1.82) is 0 Å². The Morgan fingerprint density at radius 1 is 0.955 bits per heavy atom. The highest BCUT2D eigenvalue weighted by atomic mass is 16.5. The van der Waals surface area contributed by atoms with Crippen molar-refractivity contribution in [3.63, 3.8) is 0 Å². The van der Waals surface area contributed by atoms with Crippen LogP contribution in [0.1, 0.15) is 49.9 Å². The topological polar surface area (TPSA) is 22.1 Å². The second-order valence-corrected chi connectivity index (χ2v) is 5.22. The predicted octanol–water partition coefficient (Wildman–Crippen LogP) is 4.61. The minimum Gasteiger partial charge on any atom is -0.492 e. The van der Waals surface area contributed by atoms with Gasteiger partial charge in [0.25, 0.3) is 0 Å². The largest absolute Gasteiger partial charge is 0.492 e. The molecule has 0 fully saturated rings. The van der Waals surface area contributed by atoms with Crippen molar-refractivity contribution in [2.24, 2.45) is 0 Å². The van der Waals surface area contributed by atoms with Crippen LogP contribution in [0.3, 0.4) is 0 Å². The quantitative estimate of drug-likeness (QED) is 0.573. The molecule has 0 bridgehead atoms. The van der Waals surface area contributed by atoms with E-state index in [-0.39, 0.29) is 0 Å². The zero-order valence-corrected chi connectivity index (χ0v) is 13.4. The molecule has 0 spiro atoms. The van der Waals surface area contributed by atoms with Gasteiger partial charge < -0.3 is 4.74 Å². The molecule has 0 atom stereocenters. The highest BCUT2D eigenvalue weighted by molar-refractivity contribution is 5.41. The second-order valence-electron chi connectivity index (χ2n) is 5.22. The van der Waals surface area contributed by atoms with E-state index in [1.807, 2.05) is 19.1 Å². The second kappa shape index (κ2) is 8.89. The van der Waals surface area contributed by atoms with Gasteiger partial charge in [-0.2, -0.15) is 0 Å². The fourth-order valence-electron chi connectivity index (χ4n) is 2.18. The smallest absolute Gasteiger partial charge is 0.137 e. The molecule has 114 valence electrons. The monoisotopic (exact) mass is 293 g/mol. The Hall–Kier alpha value is -2.27. The Kier molecular flexibility index (Phi) is 6.51. The third kappa shape index (κ3) is 5.26. The molecular weight excluding hydrogens is 270 g/mol. The van der Waals surface area contributed by atoms with Gasteiger partial charge in [-0.05, 0) is 55.5 Å². The molecule has 22 heavy (non-hydrogen) atoms. The Balaban J connectivity index is 1.96. The normalized spacial score (nSPS) is 9.91. The summed E-state index contributed by atoms with van der Waals surface area (Å²) in [6.45, 7) is 4.84. The first-order valence-corrected chi connectivity index (χ1v) is 8.01. The maximum absolute atomic E-state index is 5.37. The zero-order chi connectivity index (χ0) is 15.6. The summed E-state index contributed by atoms with van der Waals surface area (Å²) >= 11 is 0. The van der Waals surface area contributed by atoms with Gasteiger partial charge in [-0.3, -0.25) is 0 Å². The summed E-state index contributed by atoms with van der Waals surface area (Å²) in [7, 11) is 0. The molecule has 1 aromatic heterocycles. The number of rotatable bonds is 6. The number of aromatic nitrogens is 1. The van der Waals surface area contributed by atoms with E-state index in [2.05, 4.69) is 48.0 Å². The molecular formula is C20H23NO. The van der Waals surface area contributed by atoms with Gasteiger partial charge in [0.1, 0.15) is 11.4 Å². The number of ether oxygens (including phenoxy) is 1. The minimum atomic E-state index is 0.650. The number of aryl methyl sites for hydroxylation is 1. The summed E-state index contributed by atoms with van der Waals surface area (Å²) in [6.07, 6.45) is 6.69. The first kappa shape index (κ1) is 16.1. The van der Waals surface area contributed by atoms with Gasteiger partial charge in [0.05, 0.1) is 12.8 Å². The molecule has 2 nitrogen and oxygen atoms in total. The summed E-state index contributed by atoms with van der Waals surface area (Å²) < 4.78 is 5.37. The third-order valence-corrected chi connectivity index (χ3v) is 3.41. The van der Waals surface area contributed by atoms with Crippen LogP contribution < -0.4 is 4.74 Å². The summed E-state index contributed by atoms with van der Waals surface area (Å²) in [6, 6.07) is 12.3. The van der Waals surface area contributed by atoms with Crippen molar-refractivity contribution >= 4 is 0 Å². The standard InChI is InChI=1S/C20H23NO/c1-3-5-6-7-17-8-10-18(11-9-17)12-13-19-14-15-20(16-21-19)22-4-2/h8-11,14-16H,3-7H2,1-2H3. The van der Waals surface area contributed by atoms with Gasteiger partial charge in [0.15, 0.2) is 0 Å². The van der Waals surface area contributed by atoms with Crippen LogP contribution in [0.2, 0.25) is 0 Å². The van der Waals surface area contributed by atoms with Crippen LogP contribution in [0.5, 0.6) is 5.75 Å². The van der Waals surface area contributed by atoms with Crippen LogP contribution in [-0.2, 0) is 6.42 Å². The van der Waals surface area contributed by atoms with Crippen molar-refractivity contribution in [3.8, 4) is 17.6 Å².